The van der Waals surface area contributed by atoms with Crippen molar-refractivity contribution >= 4 is 11.3 Å². The van der Waals surface area contributed by atoms with Crippen LogP contribution >= 0.6 is 11.3 Å². The van der Waals surface area contributed by atoms with Crippen molar-refractivity contribution in [3.63, 3.8) is 0 Å². The molecule has 0 aliphatic carbocycles. The fourth-order valence-electron chi connectivity index (χ4n) is 1.66. The molecule has 2 aromatic rings. The van der Waals surface area contributed by atoms with Crippen molar-refractivity contribution in [1.29, 1.82) is 0 Å². The van der Waals surface area contributed by atoms with Gasteiger partial charge in [-0.1, -0.05) is 0 Å². The van der Waals surface area contributed by atoms with E-state index in [1.54, 1.807) is 0 Å². The number of methoxy groups -OCH3 is 1. The van der Waals surface area contributed by atoms with Gasteiger partial charge < -0.3 is 4.74 Å². The normalized spacial score (nSPS) is 11.8. The Kier molecular flexibility index (Phi) is 3.34. The highest BCUT2D eigenvalue weighted by molar-refractivity contribution is 7.10. The third-order valence-corrected chi connectivity index (χ3v) is 3.63. The second-order valence-corrected chi connectivity index (χ2v) is 4.79. The quantitative estimate of drug-likeness (QED) is 0.933. The number of thiophene rings is 1. The van der Waals surface area contributed by atoms with Crippen LogP contribution in [-0.2, 0) is 12.6 Å². The Balaban J connectivity index is 2.42. The van der Waals surface area contributed by atoms with Crippen LogP contribution in [0.25, 0.3) is 0 Å². The predicted molar refractivity (Wildman–Crippen MR) is 62.0 cm³/mol. The van der Waals surface area contributed by atoms with E-state index in [4.69, 9.17) is 4.74 Å². The molecule has 2 heterocycles. The van der Waals surface area contributed by atoms with Crippen molar-refractivity contribution in [2.75, 3.05) is 7.11 Å². The number of nitrogens with one attached hydrogen (secondary N) is 1. The van der Waals surface area contributed by atoms with Gasteiger partial charge in [-0.15, -0.1) is 16.4 Å². The van der Waals surface area contributed by atoms with Gasteiger partial charge in [0, 0.05) is 11.3 Å². The smallest absolute Gasteiger partial charge is 0.433 e. The Labute approximate surface area is 106 Å². The summed E-state index contributed by atoms with van der Waals surface area (Å²) >= 11 is 1.42. The number of H-pyrrole nitrogens is 1. The first kappa shape index (κ1) is 12.9. The molecule has 2 rings (SSSR count). The number of rotatable bonds is 3. The van der Waals surface area contributed by atoms with Crippen molar-refractivity contribution in [2.45, 2.75) is 19.5 Å². The molecule has 1 N–H and O–H groups in total. The Hall–Kier alpha value is -1.50. The maximum Gasteiger partial charge on any atom is 0.433 e. The maximum absolute atomic E-state index is 12.8. The fraction of sp³-hybridized carbons (Fsp3) is 0.364. The molecule has 2 aromatic heterocycles. The number of alkyl halides is 3. The standard InChI is InChI=1S/C11H11F3N2OS/c1-6-3-4-18-8(6)5-7-9(11(12,13)14)15-16-10(7)17-2/h3-4H,5H2,1-2H3,(H,15,16). The van der Waals surface area contributed by atoms with Crippen molar-refractivity contribution < 1.29 is 17.9 Å². The summed E-state index contributed by atoms with van der Waals surface area (Å²) < 4.78 is 43.3. The van der Waals surface area contributed by atoms with Gasteiger partial charge in [0.1, 0.15) is 5.69 Å². The fourth-order valence-corrected chi connectivity index (χ4v) is 2.58. The van der Waals surface area contributed by atoms with E-state index in [-0.39, 0.29) is 17.9 Å². The minimum absolute atomic E-state index is 0.00451. The second kappa shape index (κ2) is 4.64. The summed E-state index contributed by atoms with van der Waals surface area (Å²) in [5, 5.41) is 7.40. The number of nitrogens with zero attached hydrogens (tertiary/aromatic N) is 1. The van der Waals surface area contributed by atoms with E-state index in [9.17, 15) is 13.2 Å². The molecule has 3 nitrogen and oxygen atoms in total. The van der Waals surface area contributed by atoms with Crippen molar-refractivity contribution in [1.82, 2.24) is 10.2 Å². The first-order valence-electron chi connectivity index (χ1n) is 5.15. The molecule has 0 fully saturated rings. The summed E-state index contributed by atoms with van der Waals surface area (Å²) in [4.78, 5) is 0.875. The van der Waals surface area contributed by atoms with E-state index in [0.29, 0.717) is 0 Å². The lowest BCUT2D eigenvalue weighted by Crippen LogP contribution is -2.09. The van der Waals surface area contributed by atoms with E-state index >= 15 is 0 Å². The van der Waals surface area contributed by atoms with Crippen LogP contribution in [0.3, 0.4) is 0 Å². The summed E-state index contributed by atoms with van der Waals surface area (Å²) in [7, 11) is 1.31. The van der Waals surface area contributed by atoms with Gasteiger partial charge in [-0.3, -0.25) is 5.10 Å². The Morgan fingerprint density at radius 2 is 2.17 bits per heavy atom. The zero-order chi connectivity index (χ0) is 13.3. The molecule has 0 unspecified atom stereocenters. The number of hydrogen-bond acceptors (Lipinski definition) is 3. The number of aryl methyl sites for hydroxylation is 1. The topological polar surface area (TPSA) is 37.9 Å². The lowest BCUT2D eigenvalue weighted by molar-refractivity contribution is -0.141. The first-order chi connectivity index (χ1) is 8.43. The highest BCUT2D eigenvalue weighted by Gasteiger charge is 2.37. The van der Waals surface area contributed by atoms with E-state index in [1.165, 1.54) is 18.4 Å². The molecule has 0 aromatic carbocycles. The zero-order valence-electron chi connectivity index (χ0n) is 9.76. The molecule has 18 heavy (non-hydrogen) atoms. The van der Waals surface area contributed by atoms with Gasteiger partial charge in [-0.05, 0) is 23.9 Å². The molecule has 0 saturated heterocycles. The van der Waals surface area contributed by atoms with Crippen molar-refractivity contribution in [3.05, 3.63) is 33.1 Å². The second-order valence-electron chi connectivity index (χ2n) is 3.79. The van der Waals surface area contributed by atoms with Crippen LogP contribution in [0.2, 0.25) is 0 Å². The third kappa shape index (κ3) is 2.35. The van der Waals surface area contributed by atoms with Crippen LogP contribution in [0.15, 0.2) is 11.4 Å². The van der Waals surface area contributed by atoms with E-state index in [2.05, 4.69) is 5.10 Å². The number of hydrogen-bond donors (Lipinski definition) is 1. The summed E-state index contributed by atoms with van der Waals surface area (Å²) in [5.74, 6) is -0.00451. The first-order valence-corrected chi connectivity index (χ1v) is 6.03. The van der Waals surface area contributed by atoms with Crippen LogP contribution < -0.4 is 4.74 Å². The molecule has 0 bridgehead atoms. The number of ether oxygens (including phenoxy) is 1. The number of aromatic amines is 1. The molecule has 0 aliphatic heterocycles. The summed E-state index contributed by atoms with van der Waals surface area (Å²) in [6.45, 7) is 1.87. The van der Waals surface area contributed by atoms with Crippen molar-refractivity contribution in [2.24, 2.45) is 0 Å². The highest BCUT2D eigenvalue weighted by atomic mass is 32.1. The van der Waals surface area contributed by atoms with E-state index in [1.807, 2.05) is 23.5 Å². The minimum Gasteiger partial charge on any atom is -0.480 e. The molecule has 0 radical (unpaired) electrons. The lowest BCUT2D eigenvalue weighted by Gasteiger charge is -2.07. The Bertz CT molecular complexity index is 545. The molecule has 0 saturated carbocycles. The van der Waals surface area contributed by atoms with E-state index < -0.39 is 11.9 Å². The molecular weight excluding hydrogens is 265 g/mol. The molecule has 0 amide bonds. The van der Waals surface area contributed by atoms with Crippen LogP contribution in [0.4, 0.5) is 13.2 Å². The summed E-state index contributed by atoms with van der Waals surface area (Å²) in [5.41, 5.74) is 0.180. The molecule has 0 aliphatic rings. The number of halogens is 3. The Morgan fingerprint density at radius 3 is 2.67 bits per heavy atom. The lowest BCUT2D eigenvalue weighted by atomic mass is 10.1. The summed E-state index contributed by atoms with van der Waals surface area (Å²) in [6.07, 6.45) is -4.29. The van der Waals surface area contributed by atoms with Gasteiger partial charge in [0.05, 0.1) is 12.7 Å². The average Bonchev–Trinajstić information content (AvgIpc) is 2.85. The van der Waals surface area contributed by atoms with Gasteiger partial charge in [0.15, 0.2) is 0 Å². The van der Waals surface area contributed by atoms with Gasteiger partial charge in [0.25, 0.3) is 0 Å². The van der Waals surface area contributed by atoms with Crippen LogP contribution in [-0.4, -0.2) is 17.3 Å². The van der Waals surface area contributed by atoms with Crippen LogP contribution in [0.5, 0.6) is 5.88 Å². The van der Waals surface area contributed by atoms with E-state index in [0.717, 1.165) is 10.4 Å². The number of aromatic nitrogens is 2. The van der Waals surface area contributed by atoms with Crippen molar-refractivity contribution in [3.8, 4) is 5.88 Å². The molecule has 0 spiro atoms. The maximum atomic E-state index is 12.8. The van der Waals surface area contributed by atoms with Gasteiger partial charge in [-0.25, -0.2) is 0 Å². The summed E-state index contributed by atoms with van der Waals surface area (Å²) in [6, 6.07) is 1.87. The highest BCUT2D eigenvalue weighted by Crippen LogP contribution is 2.36. The SMILES string of the molecule is COc1n[nH]c(C(F)(F)F)c1Cc1sccc1C. The molecule has 7 heteroatoms. The average molecular weight is 276 g/mol. The molecule has 0 atom stereocenters. The van der Waals surface area contributed by atoms with Crippen LogP contribution in [0.1, 0.15) is 21.7 Å². The minimum atomic E-state index is -4.45. The molecular formula is C11H11F3N2OS. The predicted octanol–water partition coefficient (Wildman–Crippen LogP) is 3.40. The molecule has 98 valence electrons. The van der Waals surface area contributed by atoms with Gasteiger partial charge in [0.2, 0.25) is 5.88 Å². The van der Waals surface area contributed by atoms with Gasteiger partial charge in [-0.2, -0.15) is 13.2 Å². The largest absolute Gasteiger partial charge is 0.480 e. The zero-order valence-corrected chi connectivity index (χ0v) is 10.6. The monoisotopic (exact) mass is 276 g/mol. The Morgan fingerprint density at radius 1 is 1.44 bits per heavy atom. The van der Waals surface area contributed by atoms with Crippen LogP contribution in [0, 0.1) is 6.92 Å². The van der Waals surface area contributed by atoms with Gasteiger partial charge >= 0.3 is 6.18 Å². The third-order valence-electron chi connectivity index (χ3n) is 2.61.